The van der Waals surface area contributed by atoms with Gasteiger partial charge >= 0.3 is 0 Å². The third-order valence-electron chi connectivity index (χ3n) is 3.29. The van der Waals surface area contributed by atoms with Crippen molar-refractivity contribution in [3.05, 3.63) is 0 Å². The summed E-state index contributed by atoms with van der Waals surface area (Å²) in [6.07, 6.45) is 6.14. The second-order valence-corrected chi connectivity index (χ2v) is 5.06. The van der Waals surface area contributed by atoms with E-state index in [0.717, 1.165) is 12.1 Å². The summed E-state index contributed by atoms with van der Waals surface area (Å²) >= 11 is 5.22. The molecule has 0 aromatic rings. The van der Waals surface area contributed by atoms with Gasteiger partial charge in [-0.15, -0.1) is 0 Å². The van der Waals surface area contributed by atoms with E-state index >= 15 is 0 Å². The van der Waals surface area contributed by atoms with Crippen molar-refractivity contribution in [1.29, 1.82) is 0 Å². The molecule has 1 aliphatic rings. The average Bonchev–Trinajstić information content (AvgIpc) is 2.29. The predicted molar refractivity (Wildman–Crippen MR) is 73.7 cm³/mol. The molecule has 0 aromatic carbocycles. The van der Waals surface area contributed by atoms with E-state index in [-0.39, 0.29) is 0 Å². The first-order valence-corrected chi connectivity index (χ1v) is 6.64. The van der Waals surface area contributed by atoms with E-state index in [4.69, 9.17) is 12.2 Å². The fourth-order valence-electron chi connectivity index (χ4n) is 1.96. The van der Waals surface area contributed by atoms with Gasteiger partial charge in [-0.25, -0.2) is 0 Å². The van der Waals surface area contributed by atoms with Crippen molar-refractivity contribution in [2.45, 2.75) is 58.9 Å². The summed E-state index contributed by atoms with van der Waals surface area (Å²) in [4.78, 5) is 0. The van der Waals surface area contributed by atoms with Gasteiger partial charge in [-0.05, 0) is 44.3 Å². The lowest BCUT2D eigenvalue weighted by Crippen LogP contribution is -2.44. The Morgan fingerprint density at radius 1 is 1.38 bits per heavy atom. The van der Waals surface area contributed by atoms with E-state index in [1.54, 1.807) is 0 Å². The third-order valence-corrected chi connectivity index (χ3v) is 3.50. The Hall–Kier alpha value is -0.640. The molecule has 3 nitrogen and oxygen atoms in total. The van der Waals surface area contributed by atoms with Gasteiger partial charge in [0.15, 0.2) is 5.11 Å². The molecule has 2 N–H and O–H groups in total. The van der Waals surface area contributed by atoms with Gasteiger partial charge in [0.2, 0.25) is 0 Å². The molecule has 1 rings (SSSR count). The lowest BCUT2D eigenvalue weighted by atomic mass is 9.86. The smallest absolute Gasteiger partial charge is 0.187 e. The van der Waals surface area contributed by atoms with Gasteiger partial charge in [-0.3, -0.25) is 5.43 Å². The van der Waals surface area contributed by atoms with Crippen LogP contribution in [0.2, 0.25) is 0 Å². The van der Waals surface area contributed by atoms with Gasteiger partial charge in [0.25, 0.3) is 0 Å². The van der Waals surface area contributed by atoms with Gasteiger partial charge in [0.1, 0.15) is 0 Å². The summed E-state index contributed by atoms with van der Waals surface area (Å²) in [5, 5.41) is 8.22. The van der Waals surface area contributed by atoms with Crippen molar-refractivity contribution in [2.24, 2.45) is 11.0 Å². The van der Waals surface area contributed by atoms with Crippen LogP contribution in [0.15, 0.2) is 5.10 Å². The van der Waals surface area contributed by atoms with E-state index in [1.165, 1.54) is 25.7 Å². The maximum absolute atomic E-state index is 5.22. The van der Waals surface area contributed by atoms with Crippen LogP contribution in [0.3, 0.4) is 0 Å². The normalized spacial score (nSPS) is 26.3. The van der Waals surface area contributed by atoms with Crippen LogP contribution in [0.25, 0.3) is 0 Å². The Morgan fingerprint density at radius 2 is 2.06 bits per heavy atom. The quantitative estimate of drug-likeness (QED) is 0.453. The molecule has 1 fully saturated rings. The van der Waals surface area contributed by atoms with Crippen LogP contribution < -0.4 is 10.7 Å². The maximum Gasteiger partial charge on any atom is 0.187 e. The van der Waals surface area contributed by atoms with Gasteiger partial charge in [-0.1, -0.05) is 26.7 Å². The van der Waals surface area contributed by atoms with Crippen molar-refractivity contribution in [2.75, 3.05) is 0 Å². The van der Waals surface area contributed by atoms with Crippen molar-refractivity contribution >= 4 is 23.0 Å². The molecular weight excluding hydrogens is 218 g/mol. The fraction of sp³-hybridized carbons (Fsp3) is 0.833. The molecule has 0 saturated heterocycles. The highest BCUT2D eigenvalue weighted by Gasteiger charge is 2.21. The number of thiocarbonyl (C=S) groups is 1. The molecule has 2 atom stereocenters. The average molecular weight is 241 g/mol. The molecule has 1 aliphatic carbocycles. The molecule has 0 bridgehead atoms. The lowest BCUT2D eigenvalue weighted by Gasteiger charge is -2.30. The molecule has 0 amide bonds. The minimum absolute atomic E-state index is 0.519. The van der Waals surface area contributed by atoms with Gasteiger partial charge in [0.05, 0.1) is 0 Å². The molecule has 4 heteroatoms. The minimum Gasteiger partial charge on any atom is -0.358 e. The summed E-state index contributed by atoms with van der Waals surface area (Å²) in [5.41, 5.74) is 3.98. The lowest BCUT2D eigenvalue weighted by molar-refractivity contribution is 0.308. The summed E-state index contributed by atoms with van der Waals surface area (Å²) in [5.74, 6) is 0.713. The predicted octanol–water partition coefficient (Wildman–Crippen LogP) is 2.82. The number of nitrogens with one attached hydrogen (secondary N) is 2. The Balaban J connectivity index is 2.33. The van der Waals surface area contributed by atoms with Crippen LogP contribution in [0.4, 0.5) is 0 Å². The van der Waals surface area contributed by atoms with E-state index in [1.807, 2.05) is 6.92 Å². The van der Waals surface area contributed by atoms with Gasteiger partial charge < -0.3 is 5.32 Å². The van der Waals surface area contributed by atoms with Gasteiger partial charge in [-0.2, -0.15) is 5.10 Å². The van der Waals surface area contributed by atoms with E-state index < -0.39 is 0 Å². The van der Waals surface area contributed by atoms with Crippen LogP contribution in [0, 0.1) is 5.92 Å². The first-order chi connectivity index (χ1) is 7.63. The molecule has 1 saturated carbocycles. The van der Waals surface area contributed by atoms with Crippen molar-refractivity contribution in [3.63, 3.8) is 0 Å². The summed E-state index contributed by atoms with van der Waals surface area (Å²) in [6, 6.07) is 0.519. The molecular formula is C12H23N3S. The molecule has 0 radical (unpaired) electrons. The molecule has 92 valence electrons. The largest absolute Gasteiger partial charge is 0.358 e. The maximum atomic E-state index is 5.22. The van der Waals surface area contributed by atoms with Crippen LogP contribution in [-0.4, -0.2) is 16.9 Å². The third kappa shape index (κ3) is 4.47. The molecule has 0 unspecified atom stereocenters. The van der Waals surface area contributed by atoms with Crippen LogP contribution in [0.1, 0.15) is 52.9 Å². The summed E-state index contributed by atoms with van der Waals surface area (Å²) < 4.78 is 0. The molecule has 0 aliphatic heterocycles. The Morgan fingerprint density at radius 3 is 2.69 bits per heavy atom. The Labute approximate surface area is 104 Å². The first kappa shape index (κ1) is 13.4. The number of nitrogens with zero attached hydrogens (tertiary/aromatic N) is 1. The highest BCUT2D eigenvalue weighted by atomic mass is 32.1. The fourth-order valence-corrected chi connectivity index (χ4v) is 2.15. The number of hydrogen-bond acceptors (Lipinski definition) is 2. The standard InChI is InChI=1S/C12H23N3S/c1-4-10(3)14-15-12(16)13-11-8-6-5-7-9(11)2/h9,11H,4-8H2,1-3H3,(H2,13,15,16)/b14-10-/t9-,11-/m0/s1. The topological polar surface area (TPSA) is 36.4 Å². The number of rotatable bonds is 3. The van der Waals surface area contributed by atoms with Crippen molar-refractivity contribution < 1.29 is 0 Å². The number of hydrazone groups is 1. The summed E-state index contributed by atoms with van der Waals surface area (Å²) in [7, 11) is 0. The van der Waals surface area contributed by atoms with E-state index in [2.05, 4.69) is 29.7 Å². The second kappa shape index (κ2) is 6.84. The van der Waals surface area contributed by atoms with Gasteiger partial charge in [0, 0.05) is 11.8 Å². The molecule has 0 spiro atoms. The minimum atomic E-state index is 0.519. The molecule has 0 heterocycles. The number of hydrogen-bond donors (Lipinski definition) is 2. The highest BCUT2D eigenvalue weighted by molar-refractivity contribution is 7.80. The zero-order chi connectivity index (χ0) is 12.0. The van der Waals surface area contributed by atoms with E-state index in [9.17, 15) is 0 Å². The van der Waals surface area contributed by atoms with E-state index in [0.29, 0.717) is 17.1 Å². The van der Waals surface area contributed by atoms with Crippen LogP contribution >= 0.6 is 12.2 Å². The molecule has 16 heavy (non-hydrogen) atoms. The second-order valence-electron chi connectivity index (χ2n) is 4.65. The molecule has 0 aromatic heterocycles. The zero-order valence-corrected chi connectivity index (χ0v) is 11.4. The Bertz CT molecular complexity index is 263. The van der Waals surface area contributed by atoms with Crippen molar-refractivity contribution in [3.8, 4) is 0 Å². The van der Waals surface area contributed by atoms with Crippen LogP contribution in [0.5, 0.6) is 0 Å². The SMILES string of the molecule is CC/C(C)=N\NC(=S)N[C@H]1CCCC[C@@H]1C. The van der Waals surface area contributed by atoms with Crippen molar-refractivity contribution in [1.82, 2.24) is 10.7 Å². The Kier molecular flexibility index (Phi) is 5.74. The van der Waals surface area contributed by atoms with Crippen LogP contribution in [-0.2, 0) is 0 Å². The highest BCUT2D eigenvalue weighted by Crippen LogP contribution is 2.23. The first-order valence-electron chi connectivity index (χ1n) is 6.23. The summed E-state index contributed by atoms with van der Waals surface area (Å²) in [6.45, 7) is 6.37. The zero-order valence-electron chi connectivity index (χ0n) is 10.5. The monoisotopic (exact) mass is 241 g/mol.